The van der Waals surface area contributed by atoms with Crippen molar-refractivity contribution in [2.75, 3.05) is 0 Å². The summed E-state index contributed by atoms with van der Waals surface area (Å²) in [5, 5.41) is 22.3. The molecule has 0 unspecified atom stereocenters. The van der Waals surface area contributed by atoms with Crippen molar-refractivity contribution in [1.82, 2.24) is 0 Å². The Hall–Kier alpha value is -2.79. The molecule has 160 valence electrons. The molecule has 0 heterocycles. The van der Waals surface area contributed by atoms with Crippen LogP contribution in [-0.2, 0) is 10.8 Å². The zero-order valence-electron chi connectivity index (χ0n) is 18.3. The summed E-state index contributed by atoms with van der Waals surface area (Å²) in [6, 6.07) is 18.5. The van der Waals surface area contributed by atoms with E-state index in [1.165, 1.54) is 29.0 Å². The summed E-state index contributed by atoms with van der Waals surface area (Å²) in [5.74, 6) is 0.177. The van der Waals surface area contributed by atoms with Gasteiger partial charge >= 0.3 is 0 Å². The lowest BCUT2D eigenvalue weighted by Gasteiger charge is -2.42. The van der Waals surface area contributed by atoms with Crippen LogP contribution in [-0.4, -0.2) is 10.0 Å². The molecule has 0 atom stereocenters. The lowest BCUT2D eigenvalue weighted by Crippen LogP contribution is -2.33. The Morgan fingerprint density at radius 1 is 0.871 bits per heavy atom. The third-order valence-electron chi connectivity index (χ3n) is 6.43. The Morgan fingerprint density at radius 3 is 2.23 bits per heavy atom. The average Bonchev–Trinajstić information content (AvgIpc) is 2.72. The van der Waals surface area contributed by atoms with Crippen LogP contribution < -0.4 is 0 Å². The number of nitrogens with zero attached hydrogens (tertiary/aromatic N) is 1. The molecule has 0 saturated heterocycles. The van der Waals surface area contributed by atoms with Crippen LogP contribution in [0.2, 0.25) is 0 Å². The molecule has 4 rings (SSSR count). The van der Waals surface area contributed by atoms with Crippen molar-refractivity contribution >= 4 is 17.4 Å². The van der Waals surface area contributed by atoms with Crippen LogP contribution in [0.15, 0.2) is 70.5 Å². The quantitative estimate of drug-likeness (QED) is 0.342. The van der Waals surface area contributed by atoms with Crippen LogP contribution in [0.1, 0.15) is 51.7 Å². The van der Waals surface area contributed by atoms with Gasteiger partial charge in [0.2, 0.25) is 0 Å². The summed E-state index contributed by atoms with van der Waals surface area (Å²) in [6.07, 6.45) is 2.25. The van der Waals surface area contributed by atoms with Crippen LogP contribution in [0.5, 0.6) is 5.75 Å². The highest BCUT2D eigenvalue weighted by molar-refractivity contribution is 7.99. The standard InChI is InChI=1S/C26H27NO3S/c1-25(2)14-15-26(3,4)19-16-17(12-13-18(19)25)24-21(28)9-7-11-23(24)31-22-10-6-5-8-20(22)27(29)30/h5-13,16,28H,14-15H2,1-4H3. The third-order valence-corrected chi connectivity index (χ3v) is 7.55. The zero-order chi connectivity index (χ0) is 22.4. The van der Waals surface area contributed by atoms with Crippen molar-refractivity contribution in [1.29, 1.82) is 0 Å². The molecule has 3 aromatic carbocycles. The van der Waals surface area contributed by atoms with Gasteiger partial charge in [0.15, 0.2) is 0 Å². The molecule has 0 fully saturated rings. The van der Waals surface area contributed by atoms with E-state index in [0.717, 1.165) is 23.3 Å². The monoisotopic (exact) mass is 433 g/mol. The lowest BCUT2D eigenvalue weighted by atomic mass is 9.63. The Labute approximate surface area is 187 Å². The lowest BCUT2D eigenvalue weighted by molar-refractivity contribution is -0.387. The van der Waals surface area contributed by atoms with Gasteiger partial charge in [-0.25, -0.2) is 0 Å². The molecular weight excluding hydrogens is 406 g/mol. The predicted molar refractivity (Wildman–Crippen MR) is 126 cm³/mol. The zero-order valence-corrected chi connectivity index (χ0v) is 19.1. The number of rotatable bonds is 4. The number of phenolic OH excluding ortho intramolecular Hbond substituents is 1. The number of benzene rings is 3. The summed E-state index contributed by atoms with van der Waals surface area (Å²) < 4.78 is 0. The van der Waals surface area contributed by atoms with Crippen molar-refractivity contribution in [3.8, 4) is 16.9 Å². The summed E-state index contributed by atoms with van der Waals surface area (Å²) in [6.45, 7) is 9.13. The molecule has 0 aromatic heterocycles. The maximum Gasteiger partial charge on any atom is 0.283 e. The number of hydrogen-bond donors (Lipinski definition) is 1. The van der Waals surface area contributed by atoms with E-state index in [1.54, 1.807) is 30.3 Å². The van der Waals surface area contributed by atoms with Crippen LogP contribution >= 0.6 is 11.8 Å². The molecule has 0 saturated carbocycles. The smallest absolute Gasteiger partial charge is 0.283 e. The maximum absolute atomic E-state index is 11.5. The van der Waals surface area contributed by atoms with Gasteiger partial charge < -0.3 is 5.11 Å². The highest BCUT2D eigenvalue weighted by atomic mass is 32.2. The van der Waals surface area contributed by atoms with E-state index in [2.05, 4.69) is 45.9 Å². The minimum absolute atomic E-state index is 0.0524. The molecule has 1 aliphatic rings. The number of fused-ring (bicyclic) bond motifs is 1. The van der Waals surface area contributed by atoms with Crippen LogP contribution in [0.3, 0.4) is 0 Å². The van der Waals surface area contributed by atoms with Gasteiger partial charge in [0.05, 0.1) is 9.82 Å². The van der Waals surface area contributed by atoms with E-state index in [-0.39, 0.29) is 27.2 Å². The second-order valence-electron chi connectivity index (χ2n) is 9.51. The van der Waals surface area contributed by atoms with Gasteiger partial charge in [0.1, 0.15) is 5.75 Å². The van der Waals surface area contributed by atoms with E-state index in [4.69, 9.17) is 0 Å². The first-order valence-corrected chi connectivity index (χ1v) is 11.3. The van der Waals surface area contributed by atoms with E-state index in [0.29, 0.717) is 10.5 Å². The van der Waals surface area contributed by atoms with Crippen LogP contribution in [0.25, 0.3) is 11.1 Å². The van der Waals surface area contributed by atoms with E-state index >= 15 is 0 Å². The minimum Gasteiger partial charge on any atom is -0.507 e. The van der Waals surface area contributed by atoms with Gasteiger partial charge in [-0.2, -0.15) is 0 Å². The Balaban J connectivity index is 1.85. The third kappa shape index (κ3) is 3.94. The topological polar surface area (TPSA) is 63.4 Å². The molecule has 1 aliphatic carbocycles. The fraction of sp³-hybridized carbons (Fsp3) is 0.308. The summed E-state index contributed by atoms with van der Waals surface area (Å²) in [5.41, 5.74) is 4.55. The fourth-order valence-corrected chi connectivity index (χ4v) is 5.55. The van der Waals surface area contributed by atoms with Crippen molar-refractivity contribution in [3.63, 3.8) is 0 Å². The van der Waals surface area contributed by atoms with Gasteiger partial charge in [-0.3, -0.25) is 10.1 Å². The van der Waals surface area contributed by atoms with E-state index in [9.17, 15) is 15.2 Å². The van der Waals surface area contributed by atoms with E-state index in [1.807, 2.05) is 6.07 Å². The minimum atomic E-state index is -0.367. The number of nitro benzene ring substituents is 1. The highest BCUT2D eigenvalue weighted by Gasteiger charge is 2.37. The van der Waals surface area contributed by atoms with Gasteiger partial charge in [-0.05, 0) is 58.6 Å². The molecular formula is C26H27NO3S. The van der Waals surface area contributed by atoms with Crippen molar-refractivity contribution in [2.45, 2.75) is 61.2 Å². The number of nitro groups is 1. The summed E-state index contributed by atoms with van der Waals surface area (Å²) >= 11 is 1.31. The first-order valence-electron chi connectivity index (χ1n) is 10.5. The predicted octanol–water partition coefficient (Wildman–Crippen LogP) is 7.47. The second-order valence-corrected chi connectivity index (χ2v) is 10.6. The van der Waals surface area contributed by atoms with Gasteiger partial charge in [0.25, 0.3) is 5.69 Å². The molecule has 0 aliphatic heterocycles. The van der Waals surface area contributed by atoms with E-state index < -0.39 is 0 Å². The molecule has 1 N–H and O–H groups in total. The second kappa shape index (κ2) is 7.72. The van der Waals surface area contributed by atoms with Crippen molar-refractivity contribution in [3.05, 3.63) is 81.9 Å². The number of para-hydroxylation sites is 1. The fourth-order valence-electron chi connectivity index (χ4n) is 4.45. The molecule has 0 spiro atoms. The number of phenols is 1. The molecule has 4 nitrogen and oxygen atoms in total. The maximum atomic E-state index is 11.5. The van der Waals surface area contributed by atoms with Gasteiger partial charge in [0, 0.05) is 16.5 Å². The molecule has 0 radical (unpaired) electrons. The largest absolute Gasteiger partial charge is 0.507 e. The molecule has 31 heavy (non-hydrogen) atoms. The molecule has 0 amide bonds. The van der Waals surface area contributed by atoms with Crippen LogP contribution in [0.4, 0.5) is 5.69 Å². The summed E-state index contributed by atoms with van der Waals surface area (Å²) in [4.78, 5) is 12.5. The first kappa shape index (κ1) is 21.4. The highest BCUT2D eigenvalue weighted by Crippen LogP contribution is 2.49. The van der Waals surface area contributed by atoms with Gasteiger partial charge in [-0.15, -0.1) is 0 Å². The molecule has 3 aromatic rings. The normalized spacial score (nSPS) is 16.5. The van der Waals surface area contributed by atoms with Crippen LogP contribution in [0, 0.1) is 10.1 Å². The molecule has 0 bridgehead atoms. The SMILES string of the molecule is CC1(C)CCC(C)(C)c2cc(-c3c(O)cccc3Sc3ccccc3[N+](=O)[O-])ccc21. The Kier molecular flexibility index (Phi) is 5.34. The van der Waals surface area contributed by atoms with Crippen molar-refractivity contribution < 1.29 is 10.0 Å². The first-order chi connectivity index (χ1) is 14.6. The number of hydrogen-bond acceptors (Lipinski definition) is 4. The number of aromatic hydroxyl groups is 1. The summed E-state index contributed by atoms with van der Waals surface area (Å²) in [7, 11) is 0. The van der Waals surface area contributed by atoms with Crippen molar-refractivity contribution in [2.24, 2.45) is 0 Å². The average molecular weight is 434 g/mol. The molecule has 5 heteroatoms. The Bertz CT molecular complexity index is 1170. The Morgan fingerprint density at radius 2 is 1.52 bits per heavy atom. The van der Waals surface area contributed by atoms with Gasteiger partial charge in [-0.1, -0.05) is 75.9 Å².